The first-order valence-electron chi connectivity index (χ1n) is 8.66. The Morgan fingerprint density at radius 2 is 2.04 bits per heavy atom. The van der Waals surface area contributed by atoms with Crippen LogP contribution in [0.2, 0.25) is 0 Å². The molecule has 0 bridgehead atoms. The summed E-state index contributed by atoms with van der Waals surface area (Å²) < 4.78 is 7.03. The van der Waals surface area contributed by atoms with Gasteiger partial charge in [0, 0.05) is 12.2 Å². The fraction of sp³-hybridized carbons (Fsp3) is 0.500. The largest absolute Gasteiger partial charge is 0.451 e. The van der Waals surface area contributed by atoms with Crippen molar-refractivity contribution < 1.29 is 14.3 Å². The minimum absolute atomic E-state index is 0.199. The van der Waals surface area contributed by atoms with E-state index >= 15 is 0 Å². The molecule has 3 rings (SSSR count). The topological polar surface area (TPSA) is 72.7 Å². The summed E-state index contributed by atoms with van der Waals surface area (Å²) in [4.78, 5) is 28.8. The molecule has 1 aliphatic rings. The molecule has 0 aliphatic heterocycles. The monoisotopic (exact) mass is 361 g/mol. The van der Waals surface area contributed by atoms with E-state index in [4.69, 9.17) is 4.74 Å². The Labute approximate surface area is 151 Å². The third kappa shape index (κ3) is 4.34. The van der Waals surface area contributed by atoms with Crippen molar-refractivity contribution in [2.45, 2.75) is 49.7 Å². The zero-order valence-electron chi connectivity index (χ0n) is 14.4. The number of thioether (sulfide) groups is 1. The number of nitrogens with one attached hydrogen (secondary N) is 1. The Balaban J connectivity index is 1.60. The van der Waals surface area contributed by atoms with Crippen LogP contribution in [0.3, 0.4) is 0 Å². The first-order chi connectivity index (χ1) is 12.2. The number of ether oxygens (including phenoxy) is 1. The van der Waals surface area contributed by atoms with Crippen LogP contribution < -0.4 is 5.32 Å². The van der Waals surface area contributed by atoms with Gasteiger partial charge in [0.15, 0.2) is 17.5 Å². The Morgan fingerprint density at radius 1 is 1.28 bits per heavy atom. The van der Waals surface area contributed by atoms with Gasteiger partial charge in [0.2, 0.25) is 0 Å². The summed E-state index contributed by atoms with van der Waals surface area (Å²) in [6, 6.07) is 5.74. The molecule has 134 valence electrons. The molecule has 7 heteroatoms. The van der Waals surface area contributed by atoms with Gasteiger partial charge in [-0.25, -0.2) is 9.78 Å². The molecular weight excluding hydrogens is 338 g/mol. The molecule has 1 saturated carbocycles. The molecule has 2 aromatic heterocycles. The van der Waals surface area contributed by atoms with Gasteiger partial charge >= 0.3 is 5.97 Å². The summed E-state index contributed by atoms with van der Waals surface area (Å²) in [5.74, 6) is -0.811. The van der Waals surface area contributed by atoms with E-state index < -0.39 is 5.97 Å². The lowest BCUT2D eigenvalue weighted by atomic mass is 10.1. The summed E-state index contributed by atoms with van der Waals surface area (Å²) in [7, 11) is 0. The number of imidazole rings is 1. The van der Waals surface area contributed by atoms with Gasteiger partial charge in [-0.15, -0.1) is 0 Å². The van der Waals surface area contributed by atoms with Crippen molar-refractivity contribution in [3.63, 3.8) is 0 Å². The van der Waals surface area contributed by atoms with Crippen molar-refractivity contribution in [1.82, 2.24) is 14.7 Å². The van der Waals surface area contributed by atoms with E-state index in [0.29, 0.717) is 10.7 Å². The van der Waals surface area contributed by atoms with Crippen molar-refractivity contribution in [3.8, 4) is 0 Å². The molecule has 0 unspecified atom stereocenters. The molecule has 1 amide bonds. The van der Waals surface area contributed by atoms with E-state index in [-0.39, 0.29) is 24.2 Å². The van der Waals surface area contributed by atoms with Crippen molar-refractivity contribution in [3.05, 3.63) is 30.1 Å². The van der Waals surface area contributed by atoms with Crippen LogP contribution in [0.4, 0.5) is 0 Å². The number of hydrogen-bond acceptors (Lipinski definition) is 5. The molecule has 0 saturated heterocycles. The predicted molar refractivity (Wildman–Crippen MR) is 96.9 cm³/mol. The van der Waals surface area contributed by atoms with Gasteiger partial charge < -0.3 is 10.1 Å². The molecule has 0 atom stereocenters. The first kappa shape index (κ1) is 17.8. The number of carbonyl (C=O) groups is 2. The van der Waals surface area contributed by atoms with Crippen molar-refractivity contribution in [2.75, 3.05) is 12.9 Å². The molecule has 0 spiro atoms. The van der Waals surface area contributed by atoms with E-state index in [1.54, 1.807) is 0 Å². The van der Waals surface area contributed by atoms with Crippen LogP contribution in [0.5, 0.6) is 0 Å². The first-order valence-corrected chi connectivity index (χ1v) is 9.89. The second-order valence-corrected chi connectivity index (χ2v) is 7.01. The maximum absolute atomic E-state index is 12.4. The van der Waals surface area contributed by atoms with Gasteiger partial charge in [0.05, 0.1) is 5.52 Å². The summed E-state index contributed by atoms with van der Waals surface area (Å²) in [6.07, 6.45) is 10.5. The molecule has 1 fully saturated rings. The zero-order chi connectivity index (χ0) is 17.6. The molecule has 0 radical (unpaired) electrons. The quantitative estimate of drug-likeness (QED) is 0.503. The number of hydrogen-bond donors (Lipinski definition) is 1. The van der Waals surface area contributed by atoms with Gasteiger partial charge in [-0.3, -0.25) is 9.20 Å². The fourth-order valence-corrected chi connectivity index (χ4v) is 3.73. The number of nitrogens with zero attached hydrogens (tertiary/aromatic N) is 2. The minimum atomic E-state index is -0.569. The van der Waals surface area contributed by atoms with Crippen molar-refractivity contribution in [1.29, 1.82) is 0 Å². The lowest BCUT2D eigenvalue weighted by molar-refractivity contribution is -0.125. The maximum Gasteiger partial charge on any atom is 0.359 e. The average Bonchev–Trinajstić information content (AvgIpc) is 2.81. The normalized spacial score (nSPS) is 15.7. The number of amides is 1. The maximum atomic E-state index is 12.4. The average molecular weight is 361 g/mol. The highest BCUT2D eigenvalue weighted by Crippen LogP contribution is 2.20. The van der Waals surface area contributed by atoms with Gasteiger partial charge in [0.1, 0.15) is 0 Å². The Kier molecular flexibility index (Phi) is 5.96. The van der Waals surface area contributed by atoms with Gasteiger partial charge in [-0.2, -0.15) is 0 Å². The van der Waals surface area contributed by atoms with E-state index in [0.717, 1.165) is 25.7 Å². The van der Waals surface area contributed by atoms with Gasteiger partial charge in [-0.1, -0.05) is 43.5 Å². The molecule has 0 aromatic carbocycles. The van der Waals surface area contributed by atoms with Crippen LogP contribution in [0.25, 0.3) is 5.52 Å². The number of pyridine rings is 1. The van der Waals surface area contributed by atoms with Crippen LogP contribution in [0, 0.1) is 0 Å². The van der Waals surface area contributed by atoms with E-state index in [1.165, 1.54) is 24.6 Å². The second-order valence-electron chi connectivity index (χ2n) is 6.24. The number of esters is 1. The highest BCUT2D eigenvalue weighted by molar-refractivity contribution is 7.98. The standard InChI is InChI=1S/C18H23N3O3S/c1-25-18-20-16(14-10-6-7-11-21(14)18)17(23)24-12-15(22)19-13-8-4-2-3-5-9-13/h6-7,10-11,13H,2-5,8-9,12H2,1H3,(H,19,22). The second kappa shape index (κ2) is 8.38. The smallest absolute Gasteiger partial charge is 0.359 e. The summed E-state index contributed by atoms with van der Waals surface area (Å²) in [5.41, 5.74) is 0.924. The Bertz CT molecular complexity index is 751. The van der Waals surface area contributed by atoms with Crippen molar-refractivity contribution in [2.24, 2.45) is 0 Å². The SMILES string of the molecule is CSc1nc(C(=O)OCC(=O)NC2CCCCCC2)c2ccccn12. The Hall–Kier alpha value is -2.02. The predicted octanol–water partition coefficient (Wildman–Crippen LogP) is 3.05. The summed E-state index contributed by atoms with van der Waals surface area (Å²) in [6.45, 7) is -0.268. The fourth-order valence-electron chi connectivity index (χ4n) is 3.20. The molecule has 25 heavy (non-hydrogen) atoms. The van der Waals surface area contributed by atoms with Crippen LogP contribution >= 0.6 is 11.8 Å². The number of aromatic nitrogens is 2. The molecule has 2 aromatic rings. The third-order valence-corrected chi connectivity index (χ3v) is 5.10. The molecule has 1 aliphatic carbocycles. The Morgan fingerprint density at radius 3 is 2.76 bits per heavy atom. The van der Waals surface area contributed by atoms with Crippen LogP contribution in [0.15, 0.2) is 29.6 Å². The number of carbonyl (C=O) groups excluding carboxylic acids is 2. The van der Waals surface area contributed by atoms with Crippen molar-refractivity contribution >= 4 is 29.2 Å². The summed E-state index contributed by atoms with van der Waals surface area (Å²) in [5, 5.41) is 3.69. The zero-order valence-corrected chi connectivity index (χ0v) is 15.2. The van der Waals surface area contributed by atoms with Gasteiger partial charge in [0.25, 0.3) is 5.91 Å². The highest BCUT2D eigenvalue weighted by Gasteiger charge is 2.20. The van der Waals surface area contributed by atoms with Crippen LogP contribution in [-0.4, -0.2) is 40.2 Å². The lowest BCUT2D eigenvalue weighted by Gasteiger charge is -2.15. The molecular formula is C18H23N3O3S. The van der Waals surface area contributed by atoms with E-state index in [1.807, 2.05) is 35.1 Å². The van der Waals surface area contributed by atoms with Crippen LogP contribution in [-0.2, 0) is 9.53 Å². The van der Waals surface area contributed by atoms with E-state index in [2.05, 4.69) is 10.3 Å². The minimum Gasteiger partial charge on any atom is -0.451 e. The van der Waals surface area contributed by atoms with E-state index in [9.17, 15) is 9.59 Å². The summed E-state index contributed by atoms with van der Waals surface area (Å²) >= 11 is 1.45. The third-order valence-electron chi connectivity index (χ3n) is 4.45. The lowest BCUT2D eigenvalue weighted by Crippen LogP contribution is -2.37. The molecule has 2 heterocycles. The number of rotatable bonds is 5. The van der Waals surface area contributed by atoms with Crippen LogP contribution in [0.1, 0.15) is 49.0 Å². The number of fused-ring (bicyclic) bond motifs is 1. The molecule has 1 N–H and O–H groups in total. The molecule has 6 nitrogen and oxygen atoms in total. The van der Waals surface area contributed by atoms with Gasteiger partial charge in [-0.05, 0) is 31.2 Å². The highest BCUT2D eigenvalue weighted by atomic mass is 32.2.